The van der Waals surface area contributed by atoms with E-state index >= 15 is 0 Å². The lowest BCUT2D eigenvalue weighted by atomic mass is 10.1. The van der Waals surface area contributed by atoms with Gasteiger partial charge in [-0.2, -0.15) is 0 Å². The van der Waals surface area contributed by atoms with Crippen LogP contribution in [0.2, 0.25) is 0 Å². The van der Waals surface area contributed by atoms with Gasteiger partial charge in [-0.15, -0.1) is 0 Å². The van der Waals surface area contributed by atoms with Crippen LogP contribution >= 0.6 is 0 Å². The molecular weight excluding hydrogens is 280 g/mol. The van der Waals surface area contributed by atoms with Crippen LogP contribution in [-0.4, -0.2) is 54.9 Å². The monoisotopic (exact) mass is 304 g/mol. The molecule has 1 aliphatic carbocycles. The van der Waals surface area contributed by atoms with Crippen molar-refractivity contribution < 1.29 is 9.59 Å². The van der Waals surface area contributed by atoms with Crippen LogP contribution in [0, 0.1) is 0 Å². The standard InChI is InChI=1S/C16H24N4O2/c1-20(2)8-7-18-15(21)12-9-13(11-17-10-12)16(22)19-14-5-3-4-6-14/h9-11,14H,3-8H2,1-2H3,(H,18,21)(H,19,22). The van der Waals surface area contributed by atoms with Crippen LogP contribution < -0.4 is 10.6 Å². The Hall–Kier alpha value is -1.95. The van der Waals surface area contributed by atoms with Gasteiger partial charge in [0.05, 0.1) is 11.1 Å². The Morgan fingerprint density at radius 3 is 2.45 bits per heavy atom. The molecule has 22 heavy (non-hydrogen) atoms. The molecule has 0 spiro atoms. The fraction of sp³-hybridized carbons (Fsp3) is 0.562. The van der Waals surface area contributed by atoms with Crippen molar-refractivity contribution in [2.24, 2.45) is 0 Å². The molecule has 2 N–H and O–H groups in total. The van der Waals surface area contributed by atoms with E-state index in [2.05, 4.69) is 15.6 Å². The zero-order valence-corrected chi connectivity index (χ0v) is 13.3. The third-order valence-corrected chi connectivity index (χ3v) is 3.80. The summed E-state index contributed by atoms with van der Waals surface area (Å²) >= 11 is 0. The number of likely N-dealkylation sites (N-methyl/N-ethyl adjacent to an activating group) is 1. The van der Waals surface area contributed by atoms with Crippen LogP contribution in [0.3, 0.4) is 0 Å². The van der Waals surface area contributed by atoms with E-state index in [1.807, 2.05) is 19.0 Å². The van der Waals surface area contributed by atoms with Gasteiger partial charge in [0, 0.05) is 31.5 Å². The van der Waals surface area contributed by atoms with E-state index in [-0.39, 0.29) is 17.9 Å². The highest BCUT2D eigenvalue weighted by molar-refractivity contribution is 5.99. The zero-order chi connectivity index (χ0) is 15.9. The predicted molar refractivity (Wildman–Crippen MR) is 84.8 cm³/mol. The molecule has 0 aromatic carbocycles. The Morgan fingerprint density at radius 1 is 1.18 bits per heavy atom. The first kappa shape index (κ1) is 16.4. The number of pyridine rings is 1. The molecule has 1 aromatic heterocycles. The number of rotatable bonds is 6. The largest absolute Gasteiger partial charge is 0.351 e. The normalized spacial score (nSPS) is 15.0. The second-order valence-electron chi connectivity index (χ2n) is 5.98. The van der Waals surface area contributed by atoms with Gasteiger partial charge in [0.25, 0.3) is 11.8 Å². The molecule has 0 radical (unpaired) electrons. The maximum atomic E-state index is 12.2. The van der Waals surface area contributed by atoms with Crippen molar-refractivity contribution in [2.45, 2.75) is 31.7 Å². The fourth-order valence-electron chi connectivity index (χ4n) is 2.52. The van der Waals surface area contributed by atoms with Gasteiger partial charge in [-0.05, 0) is 33.0 Å². The minimum Gasteiger partial charge on any atom is -0.351 e. The van der Waals surface area contributed by atoms with Gasteiger partial charge in [0.1, 0.15) is 0 Å². The summed E-state index contributed by atoms with van der Waals surface area (Å²) in [4.78, 5) is 30.2. The summed E-state index contributed by atoms with van der Waals surface area (Å²) in [6.07, 6.45) is 7.38. The Morgan fingerprint density at radius 2 is 1.82 bits per heavy atom. The number of aromatic nitrogens is 1. The topological polar surface area (TPSA) is 74.3 Å². The number of hydrogen-bond donors (Lipinski definition) is 2. The minimum absolute atomic E-state index is 0.151. The first-order chi connectivity index (χ1) is 10.6. The summed E-state index contributed by atoms with van der Waals surface area (Å²) < 4.78 is 0. The number of amides is 2. The van der Waals surface area contributed by atoms with Gasteiger partial charge in [0.15, 0.2) is 0 Å². The smallest absolute Gasteiger partial charge is 0.253 e. The van der Waals surface area contributed by atoms with E-state index < -0.39 is 0 Å². The number of nitrogens with zero attached hydrogens (tertiary/aromatic N) is 2. The van der Waals surface area contributed by atoms with E-state index in [4.69, 9.17) is 0 Å². The van der Waals surface area contributed by atoms with Crippen LogP contribution in [0.25, 0.3) is 0 Å². The molecule has 0 unspecified atom stereocenters. The van der Waals surface area contributed by atoms with Gasteiger partial charge in [0.2, 0.25) is 0 Å². The Bertz CT molecular complexity index is 525. The van der Waals surface area contributed by atoms with Crippen molar-refractivity contribution in [2.75, 3.05) is 27.2 Å². The van der Waals surface area contributed by atoms with Gasteiger partial charge < -0.3 is 15.5 Å². The van der Waals surface area contributed by atoms with E-state index in [0.717, 1.165) is 32.2 Å². The van der Waals surface area contributed by atoms with Crippen LogP contribution in [0.15, 0.2) is 18.5 Å². The lowest BCUT2D eigenvalue weighted by molar-refractivity contribution is 0.0937. The average molecular weight is 304 g/mol. The van der Waals surface area contributed by atoms with Crippen LogP contribution in [0.1, 0.15) is 46.4 Å². The molecule has 0 saturated heterocycles. The fourth-order valence-corrected chi connectivity index (χ4v) is 2.52. The molecule has 0 aliphatic heterocycles. The van der Waals surface area contributed by atoms with Crippen molar-refractivity contribution in [3.05, 3.63) is 29.6 Å². The lowest BCUT2D eigenvalue weighted by Crippen LogP contribution is -2.33. The summed E-state index contributed by atoms with van der Waals surface area (Å²) in [6.45, 7) is 1.32. The van der Waals surface area contributed by atoms with Crippen LogP contribution in [0.5, 0.6) is 0 Å². The molecule has 6 heteroatoms. The summed E-state index contributed by atoms with van der Waals surface area (Å²) in [5.74, 6) is -0.354. The molecular formula is C16H24N4O2. The Labute approximate surface area is 131 Å². The predicted octanol–water partition coefficient (Wildman–Crippen LogP) is 1.05. The van der Waals surface area contributed by atoms with Crippen molar-refractivity contribution in [1.82, 2.24) is 20.5 Å². The van der Waals surface area contributed by atoms with Crippen LogP contribution in [-0.2, 0) is 0 Å². The van der Waals surface area contributed by atoms with Gasteiger partial charge >= 0.3 is 0 Å². The molecule has 6 nitrogen and oxygen atoms in total. The molecule has 1 aliphatic rings. The number of carbonyl (C=O) groups is 2. The maximum absolute atomic E-state index is 12.2. The maximum Gasteiger partial charge on any atom is 0.253 e. The highest BCUT2D eigenvalue weighted by Crippen LogP contribution is 2.18. The third-order valence-electron chi connectivity index (χ3n) is 3.80. The molecule has 1 heterocycles. The SMILES string of the molecule is CN(C)CCNC(=O)c1cncc(C(=O)NC2CCCC2)c1. The quantitative estimate of drug-likeness (QED) is 0.824. The number of hydrogen-bond acceptors (Lipinski definition) is 4. The average Bonchev–Trinajstić information content (AvgIpc) is 3.00. The van der Waals surface area contributed by atoms with E-state index in [1.54, 1.807) is 6.07 Å². The van der Waals surface area contributed by atoms with Gasteiger partial charge in [-0.1, -0.05) is 12.8 Å². The first-order valence-corrected chi connectivity index (χ1v) is 7.75. The minimum atomic E-state index is -0.204. The first-order valence-electron chi connectivity index (χ1n) is 7.75. The highest BCUT2D eigenvalue weighted by atomic mass is 16.2. The summed E-state index contributed by atoms with van der Waals surface area (Å²) in [6, 6.07) is 1.85. The molecule has 0 atom stereocenters. The Balaban J connectivity index is 1.93. The van der Waals surface area contributed by atoms with Gasteiger partial charge in [-0.3, -0.25) is 14.6 Å². The zero-order valence-electron chi connectivity index (χ0n) is 13.3. The van der Waals surface area contributed by atoms with E-state index in [1.165, 1.54) is 12.4 Å². The van der Waals surface area contributed by atoms with Crippen molar-refractivity contribution >= 4 is 11.8 Å². The second kappa shape index (κ2) is 7.89. The van der Waals surface area contributed by atoms with E-state index in [9.17, 15) is 9.59 Å². The van der Waals surface area contributed by atoms with Crippen molar-refractivity contribution in [1.29, 1.82) is 0 Å². The number of carbonyl (C=O) groups excluding carboxylic acids is 2. The molecule has 1 saturated carbocycles. The molecule has 2 amide bonds. The van der Waals surface area contributed by atoms with Crippen molar-refractivity contribution in [3.8, 4) is 0 Å². The third kappa shape index (κ3) is 4.80. The summed E-state index contributed by atoms with van der Waals surface area (Å²) in [7, 11) is 3.89. The van der Waals surface area contributed by atoms with Crippen molar-refractivity contribution in [3.63, 3.8) is 0 Å². The van der Waals surface area contributed by atoms with Crippen LogP contribution in [0.4, 0.5) is 0 Å². The summed E-state index contributed by atoms with van der Waals surface area (Å²) in [5.41, 5.74) is 0.852. The highest BCUT2D eigenvalue weighted by Gasteiger charge is 2.18. The molecule has 1 fully saturated rings. The molecule has 1 aromatic rings. The molecule has 120 valence electrons. The van der Waals surface area contributed by atoms with E-state index in [0.29, 0.717) is 17.7 Å². The molecule has 2 rings (SSSR count). The molecule has 0 bridgehead atoms. The Kier molecular flexibility index (Phi) is 5.89. The second-order valence-corrected chi connectivity index (χ2v) is 5.98. The summed E-state index contributed by atoms with van der Waals surface area (Å²) in [5, 5.41) is 5.82. The van der Waals surface area contributed by atoms with Gasteiger partial charge in [-0.25, -0.2) is 0 Å². The lowest BCUT2D eigenvalue weighted by Gasteiger charge is -2.12. The number of nitrogens with one attached hydrogen (secondary N) is 2.